The summed E-state index contributed by atoms with van der Waals surface area (Å²) < 4.78 is 32.3. The molecule has 6 nitrogen and oxygen atoms in total. The van der Waals surface area contributed by atoms with Gasteiger partial charge in [0, 0.05) is 44.2 Å². The number of rotatable bonds is 3. The largest absolute Gasteiger partial charge is 0.388 e. The Labute approximate surface area is 151 Å². The van der Waals surface area contributed by atoms with Crippen molar-refractivity contribution < 1.29 is 23.4 Å². The fraction of sp³-hybridized carbons (Fsp3) is 0.667. The van der Waals surface area contributed by atoms with Crippen molar-refractivity contribution in [3.05, 3.63) is 29.6 Å². The van der Waals surface area contributed by atoms with E-state index in [4.69, 9.17) is 4.74 Å². The maximum atomic E-state index is 13.9. The molecule has 1 N–H and O–H groups in total. The number of hydrogen-bond acceptors (Lipinski definition) is 5. The number of amides is 1. The number of aromatic nitrogens is 1. The lowest BCUT2D eigenvalue weighted by Gasteiger charge is -2.52. The van der Waals surface area contributed by atoms with E-state index in [0.29, 0.717) is 38.8 Å². The van der Waals surface area contributed by atoms with Crippen LogP contribution in [0.4, 0.5) is 8.78 Å². The summed E-state index contributed by atoms with van der Waals surface area (Å²) >= 11 is 0. The monoisotopic (exact) mass is 369 g/mol. The normalized spacial score (nSPS) is 26.7. The van der Waals surface area contributed by atoms with Gasteiger partial charge in [-0.15, -0.1) is 0 Å². The lowest BCUT2D eigenvalue weighted by atomic mass is 9.69. The Hall–Kier alpha value is -1.64. The molecule has 2 aliphatic heterocycles. The predicted octanol–water partition coefficient (Wildman–Crippen LogP) is 1.30. The molecule has 1 amide bonds. The van der Waals surface area contributed by atoms with Crippen molar-refractivity contribution in [2.45, 2.75) is 25.9 Å². The Morgan fingerprint density at radius 1 is 1.31 bits per heavy atom. The van der Waals surface area contributed by atoms with Gasteiger partial charge in [-0.05, 0) is 6.42 Å². The van der Waals surface area contributed by atoms with Crippen molar-refractivity contribution in [3.63, 3.8) is 0 Å². The number of piperidine rings is 1. The van der Waals surface area contributed by atoms with Crippen molar-refractivity contribution in [2.24, 2.45) is 5.41 Å². The zero-order valence-electron chi connectivity index (χ0n) is 15.2. The first kappa shape index (κ1) is 19.1. The van der Waals surface area contributed by atoms with E-state index in [2.05, 4.69) is 9.88 Å². The van der Waals surface area contributed by atoms with Crippen LogP contribution in [0, 0.1) is 17.0 Å². The molecule has 0 radical (unpaired) electrons. The van der Waals surface area contributed by atoms with E-state index in [9.17, 15) is 18.7 Å². The van der Waals surface area contributed by atoms with Crippen LogP contribution in [0.5, 0.6) is 0 Å². The molecular weight excluding hydrogens is 344 g/mol. The number of aliphatic hydroxyl groups is 1. The highest BCUT2D eigenvalue weighted by Gasteiger charge is 2.49. The number of β-amino-alcohol motifs (C(OH)–C–C–N with tert-alkyl or cyclic N) is 1. The van der Waals surface area contributed by atoms with Gasteiger partial charge in [0.15, 0.2) is 11.5 Å². The molecule has 0 bridgehead atoms. The number of morpholine rings is 1. The summed E-state index contributed by atoms with van der Waals surface area (Å²) in [7, 11) is 0. The maximum absolute atomic E-state index is 13.9. The van der Waals surface area contributed by atoms with E-state index in [-0.39, 0.29) is 12.2 Å². The summed E-state index contributed by atoms with van der Waals surface area (Å²) in [6.07, 6.45) is 1.21. The van der Waals surface area contributed by atoms with Crippen LogP contribution in [-0.2, 0) is 4.74 Å². The number of nitrogens with zero attached hydrogens (tertiary/aromatic N) is 3. The molecule has 8 heteroatoms. The predicted molar refractivity (Wildman–Crippen MR) is 90.7 cm³/mol. The molecule has 3 rings (SSSR count). The SMILES string of the molecule is CC1(C)CN(C(=O)c2ncc(F)cc2F)CC[C@]1(O)CN1CCOCC1. The number of likely N-dealkylation sites (tertiary alicyclic amines) is 1. The summed E-state index contributed by atoms with van der Waals surface area (Å²) in [4.78, 5) is 19.9. The summed E-state index contributed by atoms with van der Waals surface area (Å²) in [6.45, 7) is 7.72. The summed E-state index contributed by atoms with van der Waals surface area (Å²) in [5.41, 5.74) is -1.94. The van der Waals surface area contributed by atoms with Crippen molar-refractivity contribution in [1.29, 1.82) is 0 Å². The quantitative estimate of drug-likeness (QED) is 0.870. The maximum Gasteiger partial charge on any atom is 0.275 e. The Morgan fingerprint density at radius 3 is 2.62 bits per heavy atom. The van der Waals surface area contributed by atoms with E-state index in [1.807, 2.05) is 13.8 Å². The van der Waals surface area contributed by atoms with Gasteiger partial charge in [0.2, 0.25) is 0 Å². The smallest absolute Gasteiger partial charge is 0.275 e. The second kappa shape index (κ2) is 7.17. The van der Waals surface area contributed by atoms with Crippen LogP contribution in [-0.4, -0.2) is 77.3 Å². The molecule has 3 heterocycles. The average Bonchev–Trinajstić information content (AvgIpc) is 2.58. The van der Waals surface area contributed by atoms with Gasteiger partial charge in [0.05, 0.1) is 25.0 Å². The molecule has 1 aromatic rings. The Kier molecular flexibility index (Phi) is 5.28. The lowest BCUT2D eigenvalue weighted by molar-refractivity contribution is -0.133. The van der Waals surface area contributed by atoms with Gasteiger partial charge in [-0.2, -0.15) is 0 Å². The fourth-order valence-corrected chi connectivity index (χ4v) is 3.68. The molecule has 2 fully saturated rings. The zero-order chi connectivity index (χ0) is 18.9. The van der Waals surface area contributed by atoms with E-state index in [1.165, 1.54) is 4.90 Å². The van der Waals surface area contributed by atoms with Gasteiger partial charge in [0.25, 0.3) is 5.91 Å². The minimum absolute atomic E-state index is 0.269. The topological polar surface area (TPSA) is 65.9 Å². The lowest BCUT2D eigenvalue weighted by Crippen LogP contribution is -2.63. The van der Waals surface area contributed by atoms with Crippen LogP contribution in [0.2, 0.25) is 0 Å². The first-order valence-electron chi connectivity index (χ1n) is 8.85. The van der Waals surface area contributed by atoms with Crippen LogP contribution in [0.1, 0.15) is 30.8 Å². The number of carbonyl (C=O) groups excluding carboxylic acids is 1. The van der Waals surface area contributed by atoms with Crippen molar-refractivity contribution in [2.75, 3.05) is 45.9 Å². The van der Waals surface area contributed by atoms with Crippen LogP contribution >= 0.6 is 0 Å². The van der Waals surface area contributed by atoms with Crippen molar-refractivity contribution in [3.8, 4) is 0 Å². The van der Waals surface area contributed by atoms with Crippen molar-refractivity contribution in [1.82, 2.24) is 14.8 Å². The summed E-state index contributed by atoms with van der Waals surface area (Å²) in [5.74, 6) is -2.37. The second-order valence-electron chi connectivity index (χ2n) is 7.76. The van der Waals surface area contributed by atoms with Crippen LogP contribution < -0.4 is 0 Å². The fourth-order valence-electron chi connectivity index (χ4n) is 3.68. The summed E-state index contributed by atoms with van der Waals surface area (Å²) in [6, 6.07) is 0.657. The second-order valence-corrected chi connectivity index (χ2v) is 7.76. The third-order valence-corrected chi connectivity index (χ3v) is 5.53. The molecule has 144 valence electrons. The highest BCUT2D eigenvalue weighted by molar-refractivity contribution is 5.92. The van der Waals surface area contributed by atoms with Crippen LogP contribution in [0.15, 0.2) is 12.3 Å². The number of hydrogen-bond donors (Lipinski definition) is 1. The van der Waals surface area contributed by atoms with E-state index in [1.54, 1.807) is 0 Å². The molecular formula is C18H25F2N3O3. The molecule has 0 aromatic carbocycles. The van der Waals surface area contributed by atoms with Gasteiger partial charge in [-0.25, -0.2) is 13.8 Å². The molecule has 0 spiro atoms. The number of pyridine rings is 1. The molecule has 0 saturated carbocycles. The zero-order valence-corrected chi connectivity index (χ0v) is 15.2. The van der Waals surface area contributed by atoms with Gasteiger partial charge in [-0.3, -0.25) is 9.69 Å². The van der Waals surface area contributed by atoms with Gasteiger partial charge < -0.3 is 14.7 Å². The minimum Gasteiger partial charge on any atom is -0.388 e. The Morgan fingerprint density at radius 2 is 2.00 bits per heavy atom. The van der Waals surface area contributed by atoms with Gasteiger partial charge in [0.1, 0.15) is 5.82 Å². The highest BCUT2D eigenvalue weighted by Crippen LogP contribution is 2.39. The molecule has 0 aliphatic carbocycles. The third-order valence-electron chi connectivity index (χ3n) is 5.53. The first-order valence-corrected chi connectivity index (χ1v) is 8.85. The van der Waals surface area contributed by atoms with Gasteiger partial charge in [-0.1, -0.05) is 13.8 Å². The highest BCUT2D eigenvalue weighted by atomic mass is 19.1. The average molecular weight is 369 g/mol. The first-order chi connectivity index (χ1) is 12.2. The van der Waals surface area contributed by atoms with Crippen LogP contribution in [0.25, 0.3) is 0 Å². The number of ether oxygens (including phenoxy) is 1. The molecule has 2 saturated heterocycles. The molecule has 1 aromatic heterocycles. The summed E-state index contributed by atoms with van der Waals surface area (Å²) in [5, 5.41) is 11.3. The van der Waals surface area contributed by atoms with E-state index >= 15 is 0 Å². The molecule has 1 atom stereocenters. The number of carbonyl (C=O) groups is 1. The van der Waals surface area contributed by atoms with E-state index < -0.39 is 28.6 Å². The molecule has 2 aliphatic rings. The Bertz CT molecular complexity index is 680. The number of halogens is 2. The van der Waals surface area contributed by atoms with Crippen molar-refractivity contribution >= 4 is 5.91 Å². The van der Waals surface area contributed by atoms with Crippen LogP contribution in [0.3, 0.4) is 0 Å². The standard InChI is InChI=1S/C18H25F2N3O3/c1-17(2)11-23(16(24)15-14(20)9-13(19)10-21-15)4-3-18(17,25)12-22-5-7-26-8-6-22/h9-10,25H,3-8,11-12H2,1-2H3/t18-/m0/s1. The third kappa shape index (κ3) is 3.72. The van der Waals surface area contributed by atoms with E-state index in [0.717, 1.165) is 19.3 Å². The Balaban J connectivity index is 1.72. The van der Waals surface area contributed by atoms with Gasteiger partial charge >= 0.3 is 0 Å². The minimum atomic E-state index is -0.970. The molecule has 26 heavy (non-hydrogen) atoms. The molecule has 0 unspecified atom stereocenters.